The molecule has 0 aromatic carbocycles. The molecule has 2 aliphatic rings. The molecule has 0 radical (unpaired) electrons. The number of piperidine rings is 1. The van der Waals surface area contributed by atoms with Crippen LogP contribution in [0.1, 0.15) is 39.9 Å². The van der Waals surface area contributed by atoms with Gasteiger partial charge in [0, 0.05) is 63.4 Å². The number of piperazine rings is 1. The number of ether oxygens (including phenoxy) is 3. The number of aromatic nitrogens is 2. The fourth-order valence-corrected chi connectivity index (χ4v) is 5.53. The SMILES string of the molecule is COCCOCCOCC(=O)N1CCC(c2nc(C(=O)N3CCN(c4cccc(C)n4)CC3)cs2)CC1. The van der Waals surface area contributed by atoms with E-state index >= 15 is 0 Å². The van der Waals surface area contributed by atoms with E-state index in [9.17, 15) is 9.59 Å². The lowest BCUT2D eigenvalue weighted by atomic mass is 9.97. The molecule has 2 aliphatic heterocycles. The molecule has 2 aromatic rings. The van der Waals surface area contributed by atoms with Crippen LogP contribution in [0.25, 0.3) is 0 Å². The summed E-state index contributed by atoms with van der Waals surface area (Å²) in [6, 6.07) is 6.02. The van der Waals surface area contributed by atoms with Gasteiger partial charge < -0.3 is 28.9 Å². The summed E-state index contributed by atoms with van der Waals surface area (Å²) in [5.74, 6) is 1.24. The number of pyridine rings is 1. The van der Waals surface area contributed by atoms with Crippen LogP contribution in [0.15, 0.2) is 23.6 Å². The van der Waals surface area contributed by atoms with Gasteiger partial charge in [-0.05, 0) is 31.9 Å². The molecule has 4 heterocycles. The van der Waals surface area contributed by atoms with Gasteiger partial charge in [-0.2, -0.15) is 0 Å². The second-order valence-electron chi connectivity index (χ2n) is 9.30. The highest BCUT2D eigenvalue weighted by Gasteiger charge is 2.28. The van der Waals surface area contributed by atoms with Gasteiger partial charge in [-0.3, -0.25) is 9.59 Å². The summed E-state index contributed by atoms with van der Waals surface area (Å²) >= 11 is 1.55. The molecular weight excluding hydrogens is 494 g/mol. The van der Waals surface area contributed by atoms with Crippen molar-refractivity contribution < 1.29 is 23.8 Å². The van der Waals surface area contributed by atoms with Gasteiger partial charge in [0.25, 0.3) is 5.91 Å². The fraction of sp³-hybridized carbons (Fsp3) is 0.615. The van der Waals surface area contributed by atoms with E-state index in [0.29, 0.717) is 58.3 Å². The van der Waals surface area contributed by atoms with Crippen molar-refractivity contribution in [3.05, 3.63) is 40.0 Å². The fourth-order valence-electron chi connectivity index (χ4n) is 4.57. The summed E-state index contributed by atoms with van der Waals surface area (Å²) < 4.78 is 15.7. The number of anilines is 1. The van der Waals surface area contributed by atoms with E-state index < -0.39 is 0 Å². The van der Waals surface area contributed by atoms with Crippen molar-refractivity contribution in [3.8, 4) is 0 Å². The van der Waals surface area contributed by atoms with Crippen LogP contribution in [0.3, 0.4) is 0 Å². The molecule has 0 bridgehead atoms. The van der Waals surface area contributed by atoms with Gasteiger partial charge in [-0.15, -0.1) is 11.3 Å². The molecule has 11 heteroatoms. The van der Waals surface area contributed by atoms with E-state index in [0.717, 1.165) is 42.5 Å². The number of methoxy groups -OCH3 is 1. The zero-order valence-electron chi connectivity index (χ0n) is 21.8. The molecule has 0 atom stereocenters. The molecule has 202 valence electrons. The number of aryl methyl sites for hydroxylation is 1. The van der Waals surface area contributed by atoms with Crippen LogP contribution in [0.4, 0.5) is 5.82 Å². The largest absolute Gasteiger partial charge is 0.382 e. The molecule has 0 unspecified atom stereocenters. The average molecular weight is 532 g/mol. The van der Waals surface area contributed by atoms with Crippen LogP contribution in [0, 0.1) is 6.92 Å². The van der Waals surface area contributed by atoms with Crippen molar-refractivity contribution in [2.24, 2.45) is 0 Å². The normalized spacial score (nSPS) is 16.9. The van der Waals surface area contributed by atoms with Crippen molar-refractivity contribution in [2.45, 2.75) is 25.7 Å². The maximum absolute atomic E-state index is 13.1. The Kier molecular flexibility index (Phi) is 10.2. The molecule has 0 spiro atoms. The van der Waals surface area contributed by atoms with Crippen LogP contribution in [0.5, 0.6) is 0 Å². The Hall–Kier alpha value is -2.60. The third kappa shape index (κ3) is 7.70. The maximum atomic E-state index is 13.1. The zero-order chi connectivity index (χ0) is 26.0. The molecule has 0 N–H and O–H groups in total. The summed E-state index contributed by atoms with van der Waals surface area (Å²) in [4.78, 5) is 40.8. The standard InChI is InChI=1S/C26H37N5O5S/c1-20-4-3-5-23(27-20)29-10-12-31(13-11-29)26(33)22-19-37-25(28-22)21-6-8-30(9-7-21)24(32)18-36-17-16-35-15-14-34-2/h3-5,19,21H,6-18H2,1-2H3. The highest BCUT2D eigenvalue weighted by Crippen LogP contribution is 2.30. The molecule has 37 heavy (non-hydrogen) atoms. The van der Waals surface area contributed by atoms with E-state index in [-0.39, 0.29) is 24.3 Å². The van der Waals surface area contributed by atoms with Gasteiger partial charge in [0.05, 0.1) is 31.4 Å². The first-order valence-corrected chi connectivity index (χ1v) is 13.8. The van der Waals surface area contributed by atoms with Crippen molar-refractivity contribution in [3.63, 3.8) is 0 Å². The quantitative estimate of drug-likeness (QED) is 0.407. The van der Waals surface area contributed by atoms with Crippen LogP contribution in [-0.2, 0) is 19.0 Å². The van der Waals surface area contributed by atoms with E-state index in [1.165, 1.54) is 0 Å². The molecule has 2 fully saturated rings. The average Bonchev–Trinajstić information content (AvgIpc) is 3.43. The second-order valence-corrected chi connectivity index (χ2v) is 10.2. The Bertz CT molecular complexity index is 1020. The topological polar surface area (TPSA) is 97.3 Å². The number of thiazole rings is 1. The Labute approximate surface area is 222 Å². The summed E-state index contributed by atoms with van der Waals surface area (Å²) in [6.45, 7) is 8.15. The maximum Gasteiger partial charge on any atom is 0.273 e. The summed E-state index contributed by atoms with van der Waals surface area (Å²) in [7, 11) is 1.63. The van der Waals surface area contributed by atoms with E-state index in [2.05, 4.69) is 9.88 Å². The van der Waals surface area contributed by atoms with Crippen molar-refractivity contribution in [2.75, 3.05) is 84.3 Å². The van der Waals surface area contributed by atoms with E-state index in [4.69, 9.17) is 19.2 Å². The molecule has 4 rings (SSSR count). The number of likely N-dealkylation sites (tertiary alicyclic amines) is 1. The van der Waals surface area contributed by atoms with Crippen molar-refractivity contribution in [1.82, 2.24) is 19.8 Å². The summed E-state index contributed by atoms with van der Waals surface area (Å²) in [5.41, 5.74) is 1.52. The molecule has 0 aliphatic carbocycles. The highest BCUT2D eigenvalue weighted by atomic mass is 32.1. The predicted molar refractivity (Wildman–Crippen MR) is 141 cm³/mol. The number of nitrogens with zero attached hydrogens (tertiary/aromatic N) is 5. The number of hydrogen-bond donors (Lipinski definition) is 0. The smallest absolute Gasteiger partial charge is 0.273 e. The second kappa shape index (κ2) is 13.8. The predicted octanol–water partition coefficient (Wildman–Crippen LogP) is 2.19. The third-order valence-corrected chi connectivity index (χ3v) is 7.74. The number of carbonyl (C=O) groups is 2. The Morgan fingerprint density at radius 2 is 1.68 bits per heavy atom. The minimum absolute atomic E-state index is 0.00434. The lowest BCUT2D eigenvalue weighted by molar-refractivity contribution is -0.137. The van der Waals surface area contributed by atoms with E-state index in [1.807, 2.05) is 40.3 Å². The molecule has 0 saturated carbocycles. The van der Waals surface area contributed by atoms with Crippen LogP contribution < -0.4 is 4.90 Å². The van der Waals surface area contributed by atoms with Gasteiger partial charge in [-0.25, -0.2) is 9.97 Å². The molecule has 2 amide bonds. The van der Waals surface area contributed by atoms with Gasteiger partial charge >= 0.3 is 0 Å². The van der Waals surface area contributed by atoms with E-state index in [1.54, 1.807) is 18.4 Å². The van der Waals surface area contributed by atoms with Gasteiger partial charge in [0.1, 0.15) is 18.1 Å². The summed E-state index contributed by atoms with van der Waals surface area (Å²) in [6.07, 6.45) is 1.68. The lowest BCUT2D eigenvalue weighted by Gasteiger charge is -2.35. The van der Waals surface area contributed by atoms with Crippen LogP contribution in [0.2, 0.25) is 0 Å². The molecule has 10 nitrogen and oxygen atoms in total. The van der Waals surface area contributed by atoms with Crippen LogP contribution in [-0.4, -0.2) is 111 Å². The van der Waals surface area contributed by atoms with Gasteiger partial charge in [0.15, 0.2) is 0 Å². The number of amides is 2. The number of rotatable bonds is 11. The highest BCUT2D eigenvalue weighted by molar-refractivity contribution is 7.09. The lowest BCUT2D eigenvalue weighted by Crippen LogP contribution is -2.49. The summed E-state index contributed by atoms with van der Waals surface area (Å²) in [5, 5.41) is 2.87. The molecule has 2 saturated heterocycles. The van der Waals surface area contributed by atoms with Gasteiger partial charge in [-0.1, -0.05) is 6.07 Å². The first kappa shape index (κ1) is 27.4. The number of hydrogen-bond acceptors (Lipinski definition) is 9. The first-order chi connectivity index (χ1) is 18.0. The Morgan fingerprint density at radius 3 is 2.41 bits per heavy atom. The van der Waals surface area contributed by atoms with Crippen molar-refractivity contribution >= 4 is 29.0 Å². The molecular formula is C26H37N5O5S. The Morgan fingerprint density at radius 1 is 0.946 bits per heavy atom. The minimum Gasteiger partial charge on any atom is -0.382 e. The van der Waals surface area contributed by atoms with Crippen molar-refractivity contribution in [1.29, 1.82) is 0 Å². The third-order valence-electron chi connectivity index (χ3n) is 6.73. The zero-order valence-corrected chi connectivity index (χ0v) is 22.6. The first-order valence-electron chi connectivity index (χ1n) is 12.9. The monoisotopic (exact) mass is 531 g/mol. The Balaban J connectivity index is 1.18. The number of carbonyl (C=O) groups excluding carboxylic acids is 2. The minimum atomic E-state index is -0.00434. The van der Waals surface area contributed by atoms with Crippen LogP contribution >= 0.6 is 11.3 Å². The molecule has 2 aromatic heterocycles. The van der Waals surface area contributed by atoms with Gasteiger partial charge in [0.2, 0.25) is 5.91 Å².